The van der Waals surface area contributed by atoms with Gasteiger partial charge in [-0.2, -0.15) is 0 Å². The van der Waals surface area contributed by atoms with Gasteiger partial charge in [0.15, 0.2) is 0 Å². The average molecular weight is 327 g/mol. The van der Waals surface area contributed by atoms with Crippen LogP contribution in [-0.4, -0.2) is 35.5 Å². The number of carbonyl (C=O) groups is 2. The molecular weight excluding hydrogens is 306 g/mol. The first-order valence-electron chi connectivity index (χ1n) is 8.26. The lowest BCUT2D eigenvalue weighted by molar-refractivity contribution is -0.148. The number of ether oxygens (including phenoxy) is 1. The van der Waals surface area contributed by atoms with Gasteiger partial charge in [-0.05, 0) is 31.4 Å². The lowest BCUT2D eigenvalue weighted by atomic mass is 10.0. The molecule has 0 saturated heterocycles. The number of nitrogens with zero attached hydrogens (tertiary/aromatic N) is 1. The fraction of sp³-hybridized carbons (Fsp3) is 0.368. The van der Waals surface area contributed by atoms with Crippen molar-refractivity contribution in [1.82, 2.24) is 4.90 Å². The van der Waals surface area contributed by atoms with E-state index in [2.05, 4.69) is 0 Å². The van der Waals surface area contributed by atoms with Crippen molar-refractivity contribution in [2.24, 2.45) is 0 Å². The van der Waals surface area contributed by atoms with Gasteiger partial charge in [-0.15, -0.1) is 0 Å². The van der Waals surface area contributed by atoms with Crippen LogP contribution >= 0.6 is 0 Å². The molecule has 3 rings (SSSR count). The minimum Gasteiger partial charge on any atom is -0.472 e. The molecule has 1 aromatic heterocycles. The van der Waals surface area contributed by atoms with E-state index in [0.29, 0.717) is 18.6 Å². The van der Waals surface area contributed by atoms with Crippen molar-refractivity contribution in [2.75, 3.05) is 6.61 Å². The van der Waals surface area contributed by atoms with Crippen molar-refractivity contribution in [3.63, 3.8) is 0 Å². The van der Waals surface area contributed by atoms with Gasteiger partial charge in [0.1, 0.15) is 12.3 Å². The summed E-state index contributed by atoms with van der Waals surface area (Å²) in [6.45, 7) is 2.07. The normalized spacial score (nSPS) is 14.9. The average Bonchev–Trinajstić information content (AvgIpc) is 3.27. The Hall–Kier alpha value is -2.56. The molecule has 0 spiro atoms. The summed E-state index contributed by atoms with van der Waals surface area (Å²) in [6, 6.07) is 10.8. The number of furan rings is 1. The molecule has 1 aliphatic rings. The first-order chi connectivity index (χ1) is 11.7. The highest BCUT2D eigenvalue weighted by atomic mass is 16.5. The van der Waals surface area contributed by atoms with E-state index in [4.69, 9.17) is 9.15 Å². The van der Waals surface area contributed by atoms with Crippen LogP contribution in [0.2, 0.25) is 0 Å². The van der Waals surface area contributed by atoms with E-state index in [0.717, 1.165) is 18.4 Å². The Labute approximate surface area is 141 Å². The van der Waals surface area contributed by atoms with Gasteiger partial charge in [0.2, 0.25) is 0 Å². The second-order valence-corrected chi connectivity index (χ2v) is 5.91. The second-order valence-electron chi connectivity index (χ2n) is 5.91. The first kappa shape index (κ1) is 16.3. The molecule has 0 aliphatic heterocycles. The molecule has 0 bridgehead atoms. The maximum absolute atomic E-state index is 12.9. The minimum atomic E-state index is -0.623. The number of benzene rings is 1. The van der Waals surface area contributed by atoms with Gasteiger partial charge in [0.25, 0.3) is 5.91 Å². The topological polar surface area (TPSA) is 59.8 Å². The van der Waals surface area contributed by atoms with Crippen LogP contribution < -0.4 is 0 Å². The van der Waals surface area contributed by atoms with Crippen LogP contribution in [0, 0.1) is 0 Å². The highest BCUT2D eigenvalue weighted by Gasteiger charge is 2.41. The molecule has 1 fully saturated rings. The number of hydrogen-bond acceptors (Lipinski definition) is 4. The summed E-state index contributed by atoms with van der Waals surface area (Å²) >= 11 is 0. The standard InChI is InChI=1S/C19H21NO4/c1-2-24-19(22)17(12-14-6-4-3-5-7-14)20(16-8-9-16)18(21)15-10-11-23-13-15/h3-7,10-11,13,16-17H,2,8-9,12H2,1H3/t17-/m1/s1. The Kier molecular flexibility index (Phi) is 4.99. The van der Waals surface area contributed by atoms with E-state index in [1.165, 1.54) is 12.5 Å². The van der Waals surface area contributed by atoms with Gasteiger partial charge < -0.3 is 14.1 Å². The van der Waals surface area contributed by atoms with Crippen LogP contribution in [0.15, 0.2) is 53.3 Å². The summed E-state index contributed by atoms with van der Waals surface area (Å²) in [6.07, 6.45) is 5.15. The molecule has 1 heterocycles. The monoisotopic (exact) mass is 327 g/mol. The third kappa shape index (κ3) is 3.67. The number of rotatable bonds is 7. The van der Waals surface area contributed by atoms with Gasteiger partial charge in [0.05, 0.1) is 18.4 Å². The summed E-state index contributed by atoms with van der Waals surface area (Å²) in [5.41, 5.74) is 1.46. The second kappa shape index (κ2) is 7.34. The van der Waals surface area contributed by atoms with E-state index in [1.807, 2.05) is 30.3 Å². The molecule has 5 nitrogen and oxygen atoms in total. The molecule has 1 saturated carbocycles. The van der Waals surface area contributed by atoms with Gasteiger partial charge >= 0.3 is 5.97 Å². The van der Waals surface area contributed by atoms with E-state index < -0.39 is 6.04 Å². The van der Waals surface area contributed by atoms with Crippen LogP contribution in [0.1, 0.15) is 35.7 Å². The molecule has 0 unspecified atom stereocenters. The summed E-state index contributed by atoms with van der Waals surface area (Å²) < 4.78 is 10.3. The lowest BCUT2D eigenvalue weighted by Gasteiger charge is -2.30. The summed E-state index contributed by atoms with van der Waals surface area (Å²) in [4.78, 5) is 27.1. The number of esters is 1. The highest BCUT2D eigenvalue weighted by Crippen LogP contribution is 2.31. The van der Waals surface area contributed by atoms with Gasteiger partial charge in [0, 0.05) is 12.5 Å². The van der Waals surface area contributed by atoms with Crippen molar-refractivity contribution in [1.29, 1.82) is 0 Å². The Bertz CT molecular complexity index is 677. The number of amides is 1. The lowest BCUT2D eigenvalue weighted by Crippen LogP contribution is -2.48. The maximum Gasteiger partial charge on any atom is 0.329 e. The molecule has 1 aromatic carbocycles. The molecule has 2 aromatic rings. The smallest absolute Gasteiger partial charge is 0.329 e. The van der Waals surface area contributed by atoms with E-state index >= 15 is 0 Å². The molecule has 126 valence electrons. The van der Waals surface area contributed by atoms with Crippen molar-refractivity contribution in [2.45, 2.75) is 38.3 Å². The van der Waals surface area contributed by atoms with Crippen molar-refractivity contribution in [3.8, 4) is 0 Å². The molecule has 1 atom stereocenters. The van der Waals surface area contributed by atoms with Crippen LogP contribution in [0.4, 0.5) is 0 Å². The predicted molar refractivity (Wildman–Crippen MR) is 88.5 cm³/mol. The Morgan fingerprint density at radius 3 is 2.58 bits per heavy atom. The molecular formula is C19H21NO4. The van der Waals surface area contributed by atoms with E-state index in [1.54, 1.807) is 17.9 Å². The van der Waals surface area contributed by atoms with Gasteiger partial charge in [-0.3, -0.25) is 4.79 Å². The number of hydrogen-bond donors (Lipinski definition) is 0. The molecule has 0 N–H and O–H groups in total. The molecule has 1 aliphatic carbocycles. The van der Waals surface area contributed by atoms with Crippen LogP contribution in [0.3, 0.4) is 0 Å². The molecule has 24 heavy (non-hydrogen) atoms. The number of carbonyl (C=O) groups excluding carboxylic acids is 2. The predicted octanol–water partition coefficient (Wildman–Crippen LogP) is 3.06. The molecule has 1 amide bonds. The van der Waals surface area contributed by atoms with E-state index in [-0.39, 0.29) is 17.9 Å². The van der Waals surface area contributed by atoms with Crippen molar-refractivity contribution in [3.05, 3.63) is 60.1 Å². The van der Waals surface area contributed by atoms with E-state index in [9.17, 15) is 9.59 Å². The van der Waals surface area contributed by atoms with Crippen molar-refractivity contribution >= 4 is 11.9 Å². The highest BCUT2D eigenvalue weighted by molar-refractivity contribution is 5.97. The molecule has 0 radical (unpaired) electrons. The quantitative estimate of drug-likeness (QED) is 0.733. The Morgan fingerprint density at radius 2 is 2.00 bits per heavy atom. The SMILES string of the molecule is CCOC(=O)[C@@H](Cc1ccccc1)N(C(=O)c1ccoc1)C1CC1. The Morgan fingerprint density at radius 1 is 1.25 bits per heavy atom. The fourth-order valence-electron chi connectivity index (χ4n) is 2.82. The Balaban J connectivity index is 1.88. The zero-order valence-corrected chi connectivity index (χ0v) is 13.7. The van der Waals surface area contributed by atoms with Crippen LogP contribution in [-0.2, 0) is 16.0 Å². The van der Waals surface area contributed by atoms with Crippen molar-refractivity contribution < 1.29 is 18.7 Å². The van der Waals surface area contributed by atoms with Gasteiger partial charge in [-0.25, -0.2) is 4.79 Å². The summed E-state index contributed by atoms with van der Waals surface area (Å²) in [5, 5.41) is 0. The van der Waals surface area contributed by atoms with Gasteiger partial charge in [-0.1, -0.05) is 30.3 Å². The third-order valence-corrected chi connectivity index (χ3v) is 4.11. The van der Waals surface area contributed by atoms with Crippen LogP contribution in [0.5, 0.6) is 0 Å². The molecule has 5 heteroatoms. The van der Waals surface area contributed by atoms with Crippen LogP contribution in [0.25, 0.3) is 0 Å². The minimum absolute atomic E-state index is 0.0884. The third-order valence-electron chi connectivity index (χ3n) is 4.11. The zero-order valence-electron chi connectivity index (χ0n) is 13.7. The fourth-order valence-corrected chi connectivity index (χ4v) is 2.82. The summed E-state index contributed by atoms with van der Waals surface area (Å²) in [5.74, 6) is -0.537. The summed E-state index contributed by atoms with van der Waals surface area (Å²) in [7, 11) is 0. The maximum atomic E-state index is 12.9. The zero-order chi connectivity index (χ0) is 16.9. The first-order valence-corrected chi connectivity index (χ1v) is 8.26. The largest absolute Gasteiger partial charge is 0.472 e.